The number of anilines is 3. The van der Waals surface area contributed by atoms with Crippen molar-refractivity contribution >= 4 is 39.6 Å². The van der Waals surface area contributed by atoms with Gasteiger partial charge in [-0.2, -0.15) is 13.2 Å². The smallest absolute Gasteiger partial charge is 0.422 e. The minimum absolute atomic E-state index is 0.0948. The maximum atomic E-state index is 12.4. The molecule has 2 aromatic heterocycles. The molecule has 27 heavy (non-hydrogen) atoms. The van der Waals surface area contributed by atoms with E-state index >= 15 is 0 Å². The highest BCUT2D eigenvalue weighted by molar-refractivity contribution is 7.19. The van der Waals surface area contributed by atoms with Gasteiger partial charge in [0.25, 0.3) is 0 Å². The first-order valence-corrected chi connectivity index (χ1v) is 8.87. The molecule has 0 spiro atoms. The molecule has 0 bridgehead atoms. The second-order valence-electron chi connectivity index (χ2n) is 5.55. The lowest BCUT2D eigenvalue weighted by Crippen LogP contribution is -2.19. The summed E-state index contributed by atoms with van der Waals surface area (Å²) in [7, 11) is 0. The Morgan fingerprint density at radius 3 is 2.59 bits per heavy atom. The first-order chi connectivity index (χ1) is 12.7. The van der Waals surface area contributed by atoms with E-state index < -0.39 is 12.8 Å². The summed E-state index contributed by atoms with van der Waals surface area (Å²) in [5, 5.41) is 4.23. The lowest BCUT2D eigenvalue weighted by molar-refractivity contribution is -0.153. The molecule has 1 aromatic carbocycles. The zero-order chi connectivity index (χ0) is 19.6. The number of hydrogen-bond acceptors (Lipinski definition) is 6. The first kappa shape index (κ1) is 19.2. The van der Waals surface area contributed by atoms with Crippen LogP contribution in [-0.2, 0) is 0 Å². The van der Waals surface area contributed by atoms with E-state index in [1.807, 2.05) is 0 Å². The lowest BCUT2D eigenvalue weighted by Gasteiger charge is -2.12. The summed E-state index contributed by atoms with van der Waals surface area (Å²) in [5.74, 6) is 0.317. The number of pyridine rings is 1. The van der Waals surface area contributed by atoms with Crippen LogP contribution < -0.4 is 15.8 Å². The van der Waals surface area contributed by atoms with Crippen molar-refractivity contribution in [3.8, 4) is 16.3 Å². The molecule has 2 heterocycles. The summed E-state index contributed by atoms with van der Waals surface area (Å²) in [4.78, 5) is 9.03. The predicted octanol–water partition coefficient (Wildman–Crippen LogP) is 5.43. The Kier molecular flexibility index (Phi) is 5.43. The number of rotatable bonds is 5. The highest BCUT2D eigenvalue weighted by Gasteiger charge is 2.29. The number of halogens is 4. The minimum Gasteiger partial charge on any atom is -0.484 e. The van der Waals surface area contributed by atoms with Gasteiger partial charge in [0, 0.05) is 22.5 Å². The average Bonchev–Trinajstić information content (AvgIpc) is 2.95. The van der Waals surface area contributed by atoms with Gasteiger partial charge in [-0.1, -0.05) is 22.9 Å². The van der Waals surface area contributed by atoms with Crippen LogP contribution in [0, 0.1) is 6.92 Å². The van der Waals surface area contributed by atoms with Crippen LogP contribution in [0.5, 0.6) is 5.75 Å². The van der Waals surface area contributed by atoms with Gasteiger partial charge in [0.2, 0.25) is 0 Å². The van der Waals surface area contributed by atoms with Crippen molar-refractivity contribution in [2.75, 3.05) is 17.7 Å². The van der Waals surface area contributed by atoms with Crippen molar-refractivity contribution in [3.05, 3.63) is 47.1 Å². The zero-order valence-corrected chi connectivity index (χ0v) is 15.5. The van der Waals surface area contributed by atoms with E-state index in [0.717, 1.165) is 5.69 Å². The number of nitrogens with two attached hydrogens (primary N) is 1. The normalized spacial score (nSPS) is 11.4. The molecule has 10 heteroatoms. The van der Waals surface area contributed by atoms with Gasteiger partial charge in [-0.05, 0) is 37.3 Å². The van der Waals surface area contributed by atoms with Gasteiger partial charge in [-0.3, -0.25) is 4.98 Å². The summed E-state index contributed by atoms with van der Waals surface area (Å²) in [6.07, 6.45) is -3.05. The molecule has 3 aromatic rings. The number of alkyl halides is 3. The van der Waals surface area contributed by atoms with Crippen molar-refractivity contribution in [1.29, 1.82) is 0 Å². The highest BCUT2D eigenvalue weighted by Crippen LogP contribution is 2.38. The van der Waals surface area contributed by atoms with E-state index in [0.29, 0.717) is 26.3 Å². The Morgan fingerprint density at radius 2 is 1.93 bits per heavy atom. The summed E-state index contributed by atoms with van der Waals surface area (Å²) in [6, 6.07) is 8.42. The number of nitrogen functional groups attached to an aromatic ring is 1. The molecule has 0 saturated carbocycles. The molecular weight excluding hydrogens is 401 g/mol. The highest BCUT2D eigenvalue weighted by atomic mass is 35.5. The van der Waals surface area contributed by atoms with Crippen LogP contribution in [0.3, 0.4) is 0 Å². The van der Waals surface area contributed by atoms with Crippen molar-refractivity contribution in [2.24, 2.45) is 0 Å². The number of aromatic nitrogens is 2. The SMILES string of the molecule is Cc1c(OCC(F)(F)F)ccnc1-c1sc(Nc2ccc(Cl)cc2)nc1N. The van der Waals surface area contributed by atoms with Crippen LogP contribution in [-0.4, -0.2) is 22.8 Å². The molecule has 0 aliphatic heterocycles. The maximum Gasteiger partial charge on any atom is 0.422 e. The Labute approximate surface area is 162 Å². The number of nitrogens with one attached hydrogen (secondary N) is 1. The van der Waals surface area contributed by atoms with Crippen LogP contribution in [0.15, 0.2) is 36.5 Å². The fourth-order valence-corrected chi connectivity index (χ4v) is 3.36. The summed E-state index contributed by atoms with van der Waals surface area (Å²) < 4.78 is 42.1. The number of ether oxygens (including phenoxy) is 1. The van der Waals surface area contributed by atoms with Gasteiger partial charge < -0.3 is 15.8 Å². The minimum atomic E-state index is -4.42. The van der Waals surface area contributed by atoms with Crippen LogP contribution >= 0.6 is 22.9 Å². The topological polar surface area (TPSA) is 73.1 Å². The number of thiazole rings is 1. The van der Waals surface area contributed by atoms with Gasteiger partial charge in [-0.25, -0.2) is 4.98 Å². The lowest BCUT2D eigenvalue weighted by atomic mass is 10.2. The van der Waals surface area contributed by atoms with Crippen LogP contribution in [0.1, 0.15) is 5.56 Å². The van der Waals surface area contributed by atoms with Crippen molar-refractivity contribution < 1.29 is 17.9 Å². The third-order valence-electron chi connectivity index (χ3n) is 3.51. The summed E-state index contributed by atoms with van der Waals surface area (Å²) in [6.45, 7) is 0.248. The Bertz CT molecular complexity index is 944. The van der Waals surface area contributed by atoms with Gasteiger partial charge in [-0.15, -0.1) is 0 Å². The van der Waals surface area contributed by atoms with Crippen molar-refractivity contribution in [3.63, 3.8) is 0 Å². The molecule has 142 valence electrons. The molecule has 5 nitrogen and oxygen atoms in total. The monoisotopic (exact) mass is 414 g/mol. The molecule has 0 saturated heterocycles. The molecule has 0 radical (unpaired) electrons. The number of hydrogen-bond donors (Lipinski definition) is 2. The maximum absolute atomic E-state index is 12.4. The Balaban J connectivity index is 1.86. The molecule has 0 aliphatic rings. The third-order valence-corrected chi connectivity index (χ3v) is 4.75. The predicted molar refractivity (Wildman–Crippen MR) is 101 cm³/mol. The van der Waals surface area contributed by atoms with Gasteiger partial charge in [0.05, 0.1) is 10.6 Å². The van der Waals surface area contributed by atoms with Gasteiger partial charge in [0.15, 0.2) is 11.7 Å². The third kappa shape index (κ3) is 4.81. The van der Waals surface area contributed by atoms with Crippen LogP contribution in [0.2, 0.25) is 5.02 Å². The average molecular weight is 415 g/mol. The quantitative estimate of drug-likeness (QED) is 0.582. The largest absolute Gasteiger partial charge is 0.484 e. The zero-order valence-electron chi connectivity index (χ0n) is 14.0. The fraction of sp³-hybridized carbons (Fsp3) is 0.176. The summed E-state index contributed by atoms with van der Waals surface area (Å²) in [5.41, 5.74) is 7.64. The van der Waals surface area contributed by atoms with Crippen LogP contribution in [0.4, 0.5) is 29.8 Å². The molecule has 3 N–H and O–H groups in total. The van der Waals surface area contributed by atoms with Gasteiger partial charge in [0.1, 0.15) is 11.6 Å². The van der Waals surface area contributed by atoms with E-state index in [1.165, 1.54) is 23.6 Å². The molecule has 0 fully saturated rings. The van der Waals surface area contributed by atoms with E-state index in [4.69, 9.17) is 22.1 Å². The Hall–Kier alpha value is -2.52. The molecule has 0 unspecified atom stereocenters. The molecule has 0 amide bonds. The standard InChI is InChI=1S/C17H14ClF3N4OS/c1-9-12(26-8-17(19,20)21)6-7-23-13(9)14-15(22)25-16(27-14)24-11-4-2-10(18)3-5-11/h2-7H,8,22H2,1H3,(H,24,25). The van der Waals surface area contributed by atoms with E-state index in [-0.39, 0.29) is 11.6 Å². The molecule has 3 rings (SSSR count). The Morgan fingerprint density at radius 1 is 1.22 bits per heavy atom. The van der Waals surface area contributed by atoms with Crippen molar-refractivity contribution in [1.82, 2.24) is 9.97 Å². The van der Waals surface area contributed by atoms with E-state index in [1.54, 1.807) is 31.2 Å². The number of benzene rings is 1. The second kappa shape index (κ2) is 7.61. The first-order valence-electron chi connectivity index (χ1n) is 7.67. The number of nitrogens with zero attached hydrogens (tertiary/aromatic N) is 2. The van der Waals surface area contributed by atoms with Gasteiger partial charge >= 0.3 is 6.18 Å². The molecule has 0 aliphatic carbocycles. The second-order valence-corrected chi connectivity index (χ2v) is 6.99. The van der Waals surface area contributed by atoms with E-state index in [9.17, 15) is 13.2 Å². The summed E-state index contributed by atoms with van der Waals surface area (Å²) >= 11 is 7.10. The van der Waals surface area contributed by atoms with Crippen LogP contribution in [0.25, 0.3) is 10.6 Å². The fourth-order valence-electron chi connectivity index (χ4n) is 2.27. The van der Waals surface area contributed by atoms with E-state index in [2.05, 4.69) is 15.3 Å². The molecular formula is C17H14ClF3N4OS. The van der Waals surface area contributed by atoms with Crippen molar-refractivity contribution in [2.45, 2.75) is 13.1 Å². The molecule has 0 atom stereocenters.